The fourth-order valence-electron chi connectivity index (χ4n) is 3.28. The van der Waals surface area contributed by atoms with Crippen molar-refractivity contribution in [2.75, 3.05) is 20.3 Å². The minimum atomic E-state index is -1.05. The van der Waals surface area contributed by atoms with E-state index in [0.29, 0.717) is 13.0 Å². The van der Waals surface area contributed by atoms with Crippen molar-refractivity contribution in [1.29, 1.82) is 0 Å². The average Bonchev–Trinajstić information content (AvgIpc) is 2.47. The van der Waals surface area contributed by atoms with Gasteiger partial charge in [0, 0.05) is 17.9 Å². The van der Waals surface area contributed by atoms with Crippen molar-refractivity contribution in [1.82, 2.24) is 5.32 Å². The molecule has 5 nitrogen and oxygen atoms in total. The van der Waals surface area contributed by atoms with Gasteiger partial charge in [-0.05, 0) is 12.8 Å². The fourth-order valence-corrected chi connectivity index (χ4v) is 3.28. The second kappa shape index (κ2) is 3.95. The molecule has 2 atom stereocenters. The lowest BCUT2D eigenvalue weighted by Crippen LogP contribution is -2.63. The van der Waals surface area contributed by atoms with E-state index in [1.54, 1.807) is 7.11 Å². The molecule has 0 aromatic heterocycles. The lowest BCUT2D eigenvalue weighted by molar-refractivity contribution is -0.193. The summed E-state index contributed by atoms with van der Waals surface area (Å²) < 4.78 is 10.8. The highest BCUT2D eigenvalue weighted by Crippen LogP contribution is 2.60. The van der Waals surface area contributed by atoms with Gasteiger partial charge in [-0.3, -0.25) is 9.59 Å². The van der Waals surface area contributed by atoms with E-state index in [1.807, 2.05) is 13.8 Å². The first-order valence-corrected chi connectivity index (χ1v) is 6.28. The number of morpholine rings is 1. The normalized spacial score (nSPS) is 38.7. The van der Waals surface area contributed by atoms with Crippen LogP contribution in [0.15, 0.2) is 0 Å². The first-order valence-electron chi connectivity index (χ1n) is 6.28. The Morgan fingerprint density at radius 3 is 2.56 bits per heavy atom. The molecule has 0 aromatic carbocycles. The topological polar surface area (TPSA) is 64.6 Å². The third kappa shape index (κ3) is 1.49. The Labute approximate surface area is 107 Å². The number of rotatable bonds is 2. The van der Waals surface area contributed by atoms with E-state index in [-0.39, 0.29) is 23.8 Å². The van der Waals surface area contributed by atoms with Crippen molar-refractivity contribution in [3.05, 3.63) is 0 Å². The Balaban J connectivity index is 2.40. The van der Waals surface area contributed by atoms with E-state index < -0.39 is 11.0 Å². The highest BCUT2D eigenvalue weighted by Gasteiger charge is 2.67. The Morgan fingerprint density at radius 1 is 1.28 bits per heavy atom. The quantitative estimate of drug-likeness (QED) is 0.744. The van der Waals surface area contributed by atoms with Crippen molar-refractivity contribution in [3.8, 4) is 0 Å². The Bertz CT molecular complexity index is 392. The van der Waals surface area contributed by atoms with Gasteiger partial charge in [-0.2, -0.15) is 0 Å². The van der Waals surface area contributed by atoms with Crippen LogP contribution in [0, 0.1) is 10.8 Å². The van der Waals surface area contributed by atoms with Crippen LogP contribution in [0.1, 0.15) is 33.6 Å². The number of carbonyl (C=O) groups is 2. The highest BCUT2D eigenvalue weighted by atomic mass is 16.6. The van der Waals surface area contributed by atoms with E-state index >= 15 is 0 Å². The maximum absolute atomic E-state index is 12.2. The van der Waals surface area contributed by atoms with Gasteiger partial charge in [-0.1, -0.05) is 20.8 Å². The molecule has 1 saturated carbocycles. The van der Waals surface area contributed by atoms with Gasteiger partial charge < -0.3 is 14.8 Å². The van der Waals surface area contributed by atoms with Crippen molar-refractivity contribution >= 4 is 11.9 Å². The van der Waals surface area contributed by atoms with Crippen molar-refractivity contribution < 1.29 is 19.1 Å². The Morgan fingerprint density at radius 2 is 1.94 bits per heavy atom. The van der Waals surface area contributed by atoms with Crippen molar-refractivity contribution in [2.45, 2.75) is 39.2 Å². The molecule has 102 valence electrons. The van der Waals surface area contributed by atoms with E-state index in [1.165, 1.54) is 0 Å². The lowest BCUT2D eigenvalue weighted by atomic mass is 9.63. The monoisotopic (exact) mass is 255 g/mol. The van der Waals surface area contributed by atoms with Gasteiger partial charge >= 0.3 is 5.97 Å². The van der Waals surface area contributed by atoms with Crippen LogP contribution >= 0.6 is 0 Å². The molecule has 2 fully saturated rings. The van der Waals surface area contributed by atoms with Crippen molar-refractivity contribution in [2.24, 2.45) is 10.8 Å². The largest absolute Gasteiger partial charge is 0.447 e. The predicted molar refractivity (Wildman–Crippen MR) is 64.8 cm³/mol. The zero-order chi connectivity index (χ0) is 13.6. The number of nitrogens with one attached hydrogen (secondary N) is 1. The molecule has 0 unspecified atom stereocenters. The summed E-state index contributed by atoms with van der Waals surface area (Å²) >= 11 is 0. The predicted octanol–water partition coefficient (Wildman–Crippen LogP) is 0.871. The van der Waals surface area contributed by atoms with Gasteiger partial charge in [-0.15, -0.1) is 0 Å². The second-order valence-electron chi connectivity index (χ2n) is 6.10. The lowest BCUT2D eigenvalue weighted by Gasteiger charge is -2.47. The molecule has 0 bridgehead atoms. The molecule has 5 heteroatoms. The standard InChI is InChI=1S/C13H21NO4/c1-11(2)12(3,8-17-4)5-6-13(11)10(16)14-7-9(15)18-13/h5-8H2,1-4H3,(H,14,16)/t12-,13+/m0/s1. The molecule has 1 aliphatic carbocycles. The van der Waals surface area contributed by atoms with E-state index in [9.17, 15) is 9.59 Å². The van der Waals surface area contributed by atoms with Gasteiger partial charge in [0.1, 0.15) is 6.54 Å². The molecule has 2 aliphatic rings. The van der Waals surface area contributed by atoms with E-state index in [0.717, 1.165) is 6.42 Å². The summed E-state index contributed by atoms with van der Waals surface area (Å²) in [4.78, 5) is 23.8. The SMILES string of the molecule is COC[C@]1(C)CC[C@]2(OC(=O)CNC2=O)C1(C)C. The van der Waals surface area contributed by atoms with Gasteiger partial charge in [-0.25, -0.2) is 0 Å². The zero-order valence-electron chi connectivity index (χ0n) is 11.5. The number of ether oxygens (including phenoxy) is 2. The first-order chi connectivity index (χ1) is 8.29. The minimum absolute atomic E-state index is 0.0301. The number of amides is 1. The molecule has 1 spiro atoms. The summed E-state index contributed by atoms with van der Waals surface area (Å²) in [6.45, 7) is 6.57. The van der Waals surface area contributed by atoms with E-state index in [4.69, 9.17) is 9.47 Å². The van der Waals surface area contributed by atoms with Gasteiger partial charge in [0.15, 0.2) is 5.60 Å². The number of hydrogen-bond donors (Lipinski definition) is 1. The summed E-state index contributed by atoms with van der Waals surface area (Å²) in [7, 11) is 1.65. The molecule has 1 amide bonds. The van der Waals surface area contributed by atoms with E-state index in [2.05, 4.69) is 12.2 Å². The van der Waals surface area contributed by atoms with Crippen LogP contribution in [0.2, 0.25) is 0 Å². The Hall–Kier alpha value is -1.10. The molecule has 18 heavy (non-hydrogen) atoms. The molecule has 2 rings (SSSR count). The summed E-state index contributed by atoms with van der Waals surface area (Å²) in [6.07, 6.45) is 1.35. The van der Waals surface area contributed by atoms with Crippen LogP contribution in [0.3, 0.4) is 0 Å². The summed E-state index contributed by atoms with van der Waals surface area (Å²) in [5, 5.41) is 2.65. The smallest absolute Gasteiger partial charge is 0.326 e. The molecule has 0 radical (unpaired) electrons. The second-order valence-corrected chi connectivity index (χ2v) is 6.10. The summed E-state index contributed by atoms with van der Waals surface area (Å²) in [5.41, 5.74) is -1.69. The molecule has 1 aliphatic heterocycles. The molecule has 1 saturated heterocycles. The number of hydrogen-bond acceptors (Lipinski definition) is 4. The highest BCUT2D eigenvalue weighted by molar-refractivity contribution is 5.95. The average molecular weight is 255 g/mol. The number of esters is 1. The molecule has 1 N–H and O–H groups in total. The maximum atomic E-state index is 12.2. The maximum Gasteiger partial charge on any atom is 0.326 e. The van der Waals surface area contributed by atoms with Crippen LogP contribution in [0.25, 0.3) is 0 Å². The third-order valence-electron chi connectivity index (χ3n) is 5.06. The third-order valence-corrected chi connectivity index (χ3v) is 5.06. The minimum Gasteiger partial charge on any atom is -0.447 e. The summed E-state index contributed by atoms with van der Waals surface area (Å²) in [6, 6.07) is 0. The van der Waals surface area contributed by atoms with Crippen molar-refractivity contribution in [3.63, 3.8) is 0 Å². The van der Waals surface area contributed by atoms with Gasteiger partial charge in [0.25, 0.3) is 5.91 Å². The van der Waals surface area contributed by atoms with Crippen LogP contribution in [0.4, 0.5) is 0 Å². The van der Waals surface area contributed by atoms with Gasteiger partial charge in [0.05, 0.1) is 6.61 Å². The zero-order valence-corrected chi connectivity index (χ0v) is 11.5. The Kier molecular flexibility index (Phi) is 2.93. The number of methoxy groups -OCH3 is 1. The van der Waals surface area contributed by atoms with Crippen LogP contribution < -0.4 is 5.32 Å². The first kappa shape index (κ1) is 13.3. The molecular formula is C13H21NO4. The molecule has 0 aromatic rings. The van der Waals surface area contributed by atoms with Crippen LogP contribution in [0.5, 0.6) is 0 Å². The summed E-state index contributed by atoms with van der Waals surface area (Å²) in [5.74, 6) is -0.531. The van der Waals surface area contributed by atoms with Crippen LogP contribution in [-0.4, -0.2) is 37.7 Å². The van der Waals surface area contributed by atoms with Crippen LogP contribution in [-0.2, 0) is 19.1 Å². The molecule has 1 heterocycles. The molecular weight excluding hydrogens is 234 g/mol. The van der Waals surface area contributed by atoms with Gasteiger partial charge in [0.2, 0.25) is 0 Å². The number of carbonyl (C=O) groups excluding carboxylic acids is 2. The fraction of sp³-hybridized carbons (Fsp3) is 0.846.